The molecule has 14 heavy (non-hydrogen) atoms. The minimum Gasteiger partial charge on any atom is -0.452 e. The second-order valence-electron chi connectivity index (χ2n) is 2.81. The Morgan fingerprint density at radius 2 is 2.00 bits per heavy atom. The number of hydrogen-bond acceptors (Lipinski definition) is 3. The predicted octanol–water partition coefficient (Wildman–Crippen LogP) is 1.60. The molecule has 4 nitrogen and oxygen atoms in total. The number of anilines is 1. The van der Waals surface area contributed by atoms with Gasteiger partial charge in [0.15, 0.2) is 0 Å². The van der Waals surface area contributed by atoms with Gasteiger partial charge in [0.05, 0.1) is 7.11 Å². The second kappa shape index (κ2) is 4.62. The van der Waals surface area contributed by atoms with Crippen molar-refractivity contribution in [2.75, 3.05) is 12.0 Å². The molecule has 0 aliphatic heterocycles. The molecule has 0 aliphatic rings. The van der Waals surface area contributed by atoms with Gasteiger partial charge in [-0.1, -0.05) is 18.2 Å². The van der Waals surface area contributed by atoms with E-state index in [1.54, 1.807) is 24.3 Å². The molecule has 1 rings (SSSR count). The summed E-state index contributed by atoms with van der Waals surface area (Å²) in [6, 6.07) is 8.86. The lowest BCUT2D eigenvalue weighted by molar-refractivity contribution is 0.144. The van der Waals surface area contributed by atoms with Crippen LogP contribution in [0.5, 0.6) is 0 Å². The SMILES string of the molecule is COC(=O)N(c1ccccc1)C(C)O. The summed E-state index contributed by atoms with van der Waals surface area (Å²) in [5.74, 6) is 0. The van der Waals surface area contributed by atoms with Crippen LogP contribution in [-0.4, -0.2) is 24.5 Å². The van der Waals surface area contributed by atoms with Crippen LogP contribution in [0.1, 0.15) is 6.92 Å². The summed E-state index contributed by atoms with van der Waals surface area (Å²) in [5.41, 5.74) is 0.606. The van der Waals surface area contributed by atoms with E-state index < -0.39 is 12.3 Å². The summed E-state index contributed by atoms with van der Waals surface area (Å²) in [4.78, 5) is 12.5. The van der Waals surface area contributed by atoms with Crippen molar-refractivity contribution in [1.82, 2.24) is 0 Å². The minimum atomic E-state index is -0.912. The van der Waals surface area contributed by atoms with Gasteiger partial charge in [-0.15, -0.1) is 0 Å². The average Bonchev–Trinajstić information content (AvgIpc) is 2.19. The molecule has 1 aromatic rings. The van der Waals surface area contributed by atoms with Crippen molar-refractivity contribution < 1.29 is 14.6 Å². The maximum atomic E-state index is 11.3. The normalized spacial score (nSPS) is 11.9. The standard InChI is InChI=1S/C10H13NO3/c1-8(12)11(10(13)14-2)9-6-4-3-5-7-9/h3-8,12H,1-2H3. The van der Waals surface area contributed by atoms with Crippen molar-refractivity contribution in [2.45, 2.75) is 13.2 Å². The zero-order valence-corrected chi connectivity index (χ0v) is 8.18. The molecular weight excluding hydrogens is 182 g/mol. The Hall–Kier alpha value is -1.55. The smallest absolute Gasteiger partial charge is 0.416 e. The lowest BCUT2D eigenvalue weighted by atomic mass is 10.3. The number of aliphatic hydroxyl groups is 1. The molecule has 0 bridgehead atoms. The molecule has 1 N–H and O–H groups in total. The zero-order chi connectivity index (χ0) is 10.6. The Morgan fingerprint density at radius 3 is 2.43 bits per heavy atom. The number of ether oxygens (including phenoxy) is 1. The zero-order valence-electron chi connectivity index (χ0n) is 8.18. The van der Waals surface area contributed by atoms with E-state index in [9.17, 15) is 9.90 Å². The highest BCUT2D eigenvalue weighted by atomic mass is 16.5. The fourth-order valence-electron chi connectivity index (χ4n) is 1.16. The number of rotatable bonds is 2. The second-order valence-corrected chi connectivity index (χ2v) is 2.81. The summed E-state index contributed by atoms with van der Waals surface area (Å²) in [6.45, 7) is 1.50. The van der Waals surface area contributed by atoms with Gasteiger partial charge in [0.25, 0.3) is 0 Å². The highest BCUT2D eigenvalue weighted by Crippen LogP contribution is 2.16. The van der Waals surface area contributed by atoms with Gasteiger partial charge in [-0.05, 0) is 19.1 Å². The lowest BCUT2D eigenvalue weighted by Gasteiger charge is -2.23. The molecular formula is C10H13NO3. The molecule has 1 amide bonds. The van der Waals surface area contributed by atoms with Crippen LogP contribution in [0.15, 0.2) is 30.3 Å². The molecule has 0 spiro atoms. The highest BCUT2D eigenvalue weighted by molar-refractivity contribution is 5.87. The van der Waals surface area contributed by atoms with Crippen LogP contribution < -0.4 is 4.90 Å². The maximum Gasteiger partial charge on any atom is 0.416 e. The van der Waals surface area contributed by atoms with Crippen LogP contribution >= 0.6 is 0 Å². The molecule has 4 heteroatoms. The van der Waals surface area contributed by atoms with Crippen molar-refractivity contribution in [3.05, 3.63) is 30.3 Å². The van der Waals surface area contributed by atoms with E-state index >= 15 is 0 Å². The monoisotopic (exact) mass is 195 g/mol. The van der Waals surface area contributed by atoms with Crippen molar-refractivity contribution in [2.24, 2.45) is 0 Å². The molecule has 0 aliphatic carbocycles. The van der Waals surface area contributed by atoms with Crippen LogP contribution in [0.25, 0.3) is 0 Å². The first-order chi connectivity index (χ1) is 6.66. The van der Waals surface area contributed by atoms with Gasteiger partial charge in [0.2, 0.25) is 0 Å². The van der Waals surface area contributed by atoms with Crippen LogP contribution in [0.2, 0.25) is 0 Å². The quantitative estimate of drug-likeness (QED) is 0.729. The Morgan fingerprint density at radius 1 is 1.43 bits per heavy atom. The van der Waals surface area contributed by atoms with Gasteiger partial charge >= 0.3 is 6.09 Å². The number of hydrogen-bond donors (Lipinski definition) is 1. The summed E-state index contributed by atoms with van der Waals surface area (Å²) in [6.07, 6.45) is -1.49. The van der Waals surface area contributed by atoms with Crippen LogP contribution in [-0.2, 0) is 4.74 Å². The van der Waals surface area contributed by atoms with E-state index in [0.717, 1.165) is 0 Å². The number of amides is 1. The van der Waals surface area contributed by atoms with Crippen molar-refractivity contribution >= 4 is 11.8 Å². The molecule has 0 saturated heterocycles. The maximum absolute atomic E-state index is 11.3. The Kier molecular flexibility index (Phi) is 3.48. The molecule has 0 fully saturated rings. The van der Waals surface area contributed by atoms with E-state index in [4.69, 9.17) is 0 Å². The number of para-hydroxylation sites is 1. The van der Waals surface area contributed by atoms with Gasteiger partial charge in [-0.3, -0.25) is 4.90 Å². The summed E-state index contributed by atoms with van der Waals surface area (Å²) in [7, 11) is 1.28. The van der Waals surface area contributed by atoms with E-state index in [2.05, 4.69) is 4.74 Å². The van der Waals surface area contributed by atoms with Gasteiger partial charge < -0.3 is 9.84 Å². The first-order valence-electron chi connectivity index (χ1n) is 4.27. The summed E-state index contributed by atoms with van der Waals surface area (Å²) >= 11 is 0. The fraction of sp³-hybridized carbons (Fsp3) is 0.300. The molecule has 1 atom stereocenters. The first-order valence-corrected chi connectivity index (χ1v) is 4.27. The van der Waals surface area contributed by atoms with Gasteiger partial charge in [0.1, 0.15) is 6.23 Å². The highest BCUT2D eigenvalue weighted by Gasteiger charge is 2.20. The number of nitrogens with zero attached hydrogens (tertiary/aromatic N) is 1. The molecule has 1 aromatic carbocycles. The third kappa shape index (κ3) is 2.23. The number of methoxy groups -OCH3 is 1. The molecule has 0 radical (unpaired) electrons. The third-order valence-electron chi connectivity index (χ3n) is 1.78. The molecule has 76 valence electrons. The average molecular weight is 195 g/mol. The van der Waals surface area contributed by atoms with Crippen molar-refractivity contribution in [1.29, 1.82) is 0 Å². The number of benzene rings is 1. The van der Waals surface area contributed by atoms with Crippen LogP contribution in [0.3, 0.4) is 0 Å². The lowest BCUT2D eigenvalue weighted by Crippen LogP contribution is -2.38. The third-order valence-corrected chi connectivity index (χ3v) is 1.78. The molecule has 1 unspecified atom stereocenters. The van der Waals surface area contributed by atoms with E-state index in [0.29, 0.717) is 5.69 Å². The van der Waals surface area contributed by atoms with E-state index in [1.807, 2.05) is 6.07 Å². The van der Waals surface area contributed by atoms with E-state index in [1.165, 1.54) is 18.9 Å². The Bertz CT molecular complexity index is 297. The van der Waals surface area contributed by atoms with Crippen molar-refractivity contribution in [3.63, 3.8) is 0 Å². The van der Waals surface area contributed by atoms with Gasteiger partial charge in [-0.2, -0.15) is 0 Å². The summed E-state index contributed by atoms with van der Waals surface area (Å²) in [5, 5.41) is 9.39. The topological polar surface area (TPSA) is 49.8 Å². The Balaban J connectivity index is 2.95. The number of carbonyl (C=O) groups excluding carboxylic acids is 1. The van der Waals surface area contributed by atoms with Gasteiger partial charge in [-0.25, -0.2) is 4.79 Å². The van der Waals surface area contributed by atoms with Crippen LogP contribution in [0, 0.1) is 0 Å². The fourth-order valence-corrected chi connectivity index (χ4v) is 1.16. The predicted molar refractivity (Wildman–Crippen MR) is 53.0 cm³/mol. The number of aliphatic hydroxyl groups excluding tert-OH is 1. The summed E-state index contributed by atoms with van der Waals surface area (Å²) < 4.78 is 4.56. The number of carbonyl (C=O) groups is 1. The molecule has 0 heterocycles. The largest absolute Gasteiger partial charge is 0.452 e. The van der Waals surface area contributed by atoms with Crippen molar-refractivity contribution in [3.8, 4) is 0 Å². The molecule has 0 aromatic heterocycles. The van der Waals surface area contributed by atoms with Gasteiger partial charge in [0, 0.05) is 5.69 Å². The molecule has 0 saturated carbocycles. The van der Waals surface area contributed by atoms with Crippen LogP contribution in [0.4, 0.5) is 10.5 Å². The first kappa shape index (κ1) is 10.5. The van der Waals surface area contributed by atoms with E-state index in [-0.39, 0.29) is 0 Å². The Labute approximate surface area is 82.7 Å². The minimum absolute atomic E-state index is 0.578.